The lowest BCUT2D eigenvalue weighted by atomic mass is 10.0. The number of halogens is 1. The van der Waals surface area contributed by atoms with Crippen molar-refractivity contribution in [1.29, 1.82) is 0 Å². The number of rotatable bonds is 6. The van der Waals surface area contributed by atoms with Crippen molar-refractivity contribution in [1.82, 2.24) is 14.9 Å². The topological polar surface area (TPSA) is 80.3 Å². The number of ether oxygens (including phenoxy) is 3. The van der Waals surface area contributed by atoms with Gasteiger partial charge in [0.15, 0.2) is 10.9 Å². The Kier molecular flexibility index (Phi) is 7.52. The number of hydrogen-bond donors (Lipinski definition) is 0. The lowest BCUT2D eigenvalue weighted by molar-refractivity contribution is -0.186. The first-order chi connectivity index (χ1) is 17.0. The second kappa shape index (κ2) is 10.8. The molecule has 1 spiro atoms. The second-order valence-electron chi connectivity index (χ2n) is 8.78. The molecule has 0 unspecified atom stereocenters. The molecule has 188 valence electrons. The van der Waals surface area contributed by atoms with Gasteiger partial charge in [-0.05, 0) is 24.3 Å². The number of nitrogens with zero attached hydrogens (tertiary/aromatic N) is 5. The van der Waals surface area contributed by atoms with Gasteiger partial charge >= 0.3 is 0 Å². The molecule has 0 atom stereocenters. The minimum Gasteiger partial charge on any atom is -0.497 e. The van der Waals surface area contributed by atoms with E-state index in [0.717, 1.165) is 37.7 Å². The number of carbonyl (C=O) groups is 1. The summed E-state index contributed by atoms with van der Waals surface area (Å²) in [5.41, 5.74) is 1.18. The van der Waals surface area contributed by atoms with Crippen LogP contribution in [0.3, 0.4) is 0 Å². The van der Waals surface area contributed by atoms with E-state index >= 15 is 0 Å². The summed E-state index contributed by atoms with van der Waals surface area (Å²) in [6, 6.07) is 9.92. The summed E-state index contributed by atoms with van der Waals surface area (Å²) in [6.07, 6.45) is 1.42. The number of aromatic nitrogens is 2. The Morgan fingerprint density at radius 1 is 1.03 bits per heavy atom. The predicted molar refractivity (Wildman–Crippen MR) is 136 cm³/mol. The van der Waals surface area contributed by atoms with Crippen molar-refractivity contribution in [3.05, 3.63) is 35.5 Å². The molecule has 11 heteroatoms. The Labute approximate surface area is 214 Å². The summed E-state index contributed by atoms with van der Waals surface area (Å²) in [5.74, 6) is 1.52. The number of benzene rings is 1. The van der Waals surface area contributed by atoms with Gasteiger partial charge in [-0.3, -0.25) is 4.79 Å². The quantitative estimate of drug-likeness (QED) is 0.325. The Morgan fingerprint density at radius 2 is 1.69 bits per heavy atom. The fourth-order valence-electron chi connectivity index (χ4n) is 4.70. The fourth-order valence-corrected chi connectivity index (χ4v) is 5.68. The average molecular weight is 520 g/mol. The Bertz CT molecular complexity index is 1020. The number of amides is 1. The molecule has 0 saturated carbocycles. The standard InChI is InChI=1S/C24H30ClN5O4S/c1-32-19-4-2-18(3-5-19)28-10-12-29(13-11-28)21-16-20(25)26-23(27-21)35-17-22(31)30-8-6-24(7-9-30)33-14-15-34-24/h2-5,16H,6-15,17H2,1H3. The van der Waals surface area contributed by atoms with Gasteiger partial charge in [0.2, 0.25) is 5.91 Å². The number of hydrogen-bond acceptors (Lipinski definition) is 9. The Morgan fingerprint density at radius 3 is 2.34 bits per heavy atom. The average Bonchev–Trinajstić information content (AvgIpc) is 3.35. The highest BCUT2D eigenvalue weighted by molar-refractivity contribution is 7.99. The molecule has 9 nitrogen and oxygen atoms in total. The zero-order valence-corrected chi connectivity index (χ0v) is 21.4. The monoisotopic (exact) mass is 519 g/mol. The molecule has 0 aliphatic carbocycles. The van der Waals surface area contributed by atoms with Gasteiger partial charge < -0.3 is 28.9 Å². The third-order valence-electron chi connectivity index (χ3n) is 6.72. The number of anilines is 2. The number of piperidine rings is 1. The minimum atomic E-state index is -0.480. The van der Waals surface area contributed by atoms with Gasteiger partial charge in [-0.15, -0.1) is 0 Å². The number of likely N-dealkylation sites (tertiary alicyclic amines) is 1. The van der Waals surface area contributed by atoms with E-state index in [9.17, 15) is 4.79 Å². The van der Waals surface area contributed by atoms with Crippen LogP contribution in [0.15, 0.2) is 35.5 Å². The Hall–Kier alpha value is -2.27. The molecule has 5 rings (SSSR count). The summed E-state index contributed by atoms with van der Waals surface area (Å²) in [7, 11) is 1.67. The number of carbonyl (C=O) groups excluding carboxylic acids is 1. The lowest BCUT2D eigenvalue weighted by Gasteiger charge is -2.37. The summed E-state index contributed by atoms with van der Waals surface area (Å²) < 4.78 is 16.8. The van der Waals surface area contributed by atoms with Gasteiger partial charge in [0.1, 0.15) is 16.7 Å². The normalized spacial score (nSPS) is 19.9. The van der Waals surface area contributed by atoms with E-state index in [-0.39, 0.29) is 11.7 Å². The summed E-state index contributed by atoms with van der Waals surface area (Å²) >= 11 is 7.65. The van der Waals surface area contributed by atoms with Crippen molar-refractivity contribution in [2.24, 2.45) is 0 Å². The maximum atomic E-state index is 12.8. The highest BCUT2D eigenvalue weighted by atomic mass is 35.5. The number of piperazine rings is 1. The van der Waals surface area contributed by atoms with Crippen LogP contribution >= 0.6 is 23.4 Å². The predicted octanol–water partition coefficient (Wildman–Crippen LogP) is 2.92. The smallest absolute Gasteiger partial charge is 0.233 e. The summed E-state index contributed by atoms with van der Waals surface area (Å²) in [4.78, 5) is 28.2. The first-order valence-electron chi connectivity index (χ1n) is 11.9. The zero-order valence-electron chi connectivity index (χ0n) is 19.8. The van der Waals surface area contributed by atoms with Crippen molar-refractivity contribution in [2.45, 2.75) is 23.8 Å². The van der Waals surface area contributed by atoms with E-state index in [4.69, 9.17) is 30.8 Å². The molecule has 0 radical (unpaired) electrons. The number of thioether (sulfide) groups is 1. The molecule has 1 aromatic carbocycles. The van der Waals surface area contributed by atoms with E-state index in [1.807, 2.05) is 17.0 Å². The van der Waals surface area contributed by atoms with Crippen LogP contribution < -0.4 is 14.5 Å². The molecule has 1 aromatic heterocycles. The van der Waals surface area contributed by atoms with Crippen molar-refractivity contribution in [3.63, 3.8) is 0 Å². The van der Waals surface area contributed by atoms with Gasteiger partial charge in [-0.2, -0.15) is 0 Å². The van der Waals surface area contributed by atoms with E-state index in [0.29, 0.717) is 49.5 Å². The molecule has 3 fully saturated rings. The molecule has 3 aliphatic rings. The molecule has 35 heavy (non-hydrogen) atoms. The summed E-state index contributed by atoms with van der Waals surface area (Å²) in [6.45, 7) is 5.93. The largest absolute Gasteiger partial charge is 0.497 e. The van der Waals surface area contributed by atoms with Crippen LogP contribution in [0.25, 0.3) is 0 Å². The van der Waals surface area contributed by atoms with Crippen molar-refractivity contribution in [3.8, 4) is 5.75 Å². The van der Waals surface area contributed by atoms with Crippen LogP contribution in [0.5, 0.6) is 5.75 Å². The SMILES string of the molecule is COc1ccc(N2CCN(c3cc(Cl)nc(SCC(=O)N4CCC5(CC4)OCCO5)n3)CC2)cc1. The highest BCUT2D eigenvalue weighted by Crippen LogP contribution is 2.32. The van der Waals surface area contributed by atoms with E-state index < -0.39 is 5.79 Å². The van der Waals surface area contributed by atoms with Gasteiger partial charge in [0.25, 0.3) is 0 Å². The van der Waals surface area contributed by atoms with Crippen LogP contribution in [-0.2, 0) is 14.3 Å². The van der Waals surface area contributed by atoms with E-state index in [2.05, 4.69) is 26.9 Å². The van der Waals surface area contributed by atoms with E-state index in [1.54, 1.807) is 13.2 Å². The van der Waals surface area contributed by atoms with Gasteiger partial charge in [-0.1, -0.05) is 23.4 Å². The third kappa shape index (κ3) is 5.77. The van der Waals surface area contributed by atoms with Crippen molar-refractivity contribution in [2.75, 3.05) is 75.1 Å². The first kappa shape index (κ1) is 24.4. The lowest BCUT2D eigenvalue weighted by Crippen LogP contribution is -2.47. The van der Waals surface area contributed by atoms with Crippen LogP contribution in [0, 0.1) is 0 Å². The van der Waals surface area contributed by atoms with Crippen LogP contribution in [-0.4, -0.2) is 91.9 Å². The van der Waals surface area contributed by atoms with Crippen LogP contribution in [0.4, 0.5) is 11.5 Å². The van der Waals surface area contributed by atoms with Crippen molar-refractivity contribution < 1.29 is 19.0 Å². The summed E-state index contributed by atoms with van der Waals surface area (Å²) in [5, 5.41) is 0.910. The van der Waals surface area contributed by atoms with E-state index in [1.165, 1.54) is 17.4 Å². The van der Waals surface area contributed by atoms with Gasteiger partial charge in [0, 0.05) is 63.9 Å². The third-order valence-corrected chi connectivity index (χ3v) is 7.74. The first-order valence-corrected chi connectivity index (χ1v) is 13.3. The maximum Gasteiger partial charge on any atom is 0.233 e. The molecular formula is C24H30ClN5O4S. The zero-order chi connectivity index (χ0) is 24.3. The fraction of sp³-hybridized carbons (Fsp3) is 0.542. The van der Waals surface area contributed by atoms with Crippen molar-refractivity contribution >= 4 is 40.8 Å². The van der Waals surface area contributed by atoms with Gasteiger partial charge in [0.05, 0.1) is 26.1 Å². The molecule has 0 bridgehead atoms. The molecule has 2 aromatic rings. The second-order valence-corrected chi connectivity index (χ2v) is 10.1. The van der Waals surface area contributed by atoms with Gasteiger partial charge in [-0.25, -0.2) is 9.97 Å². The molecular weight excluding hydrogens is 490 g/mol. The molecule has 3 saturated heterocycles. The number of methoxy groups -OCH3 is 1. The van der Waals surface area contributed by atoms with Crippen LogP contribution in [0.2, 0.25) is 5.15 Å². The van der Waals surface area contributed by atoms with Crippen LogP contribution in [0.1, 0.15) is 12.8 Å². The maximum absolute atomic E-state index is 12.8. The molecule has 3 aliphatic heterocycles. The molecule has 4 heterocycles. The molecule has 0 N–H and O–H groups in total. The Balaban J connectivity index is 1.14. The highest BCUT2D eigenvalue weighted by Gasteiger charge is 2.40. The minimum absolute atomic E-state index is 0.0704. The molecule has 1 amide bonds.